The summed E-state index contributed by atoms with van der Waals surface area (Å²) >= 11 is 4.78. The van der Waals surface area contributed by atoms with E-state index < -0.39 is 9.84 Å². The lowest BCUT2D eigenvalue weighted by atomic mass is 10.1. The standard InChI is InChI=1S/C12H12BrNO2S2/c1-9-4-11(13)3-2-10(9)6-18(15,16)7-12-5-17-8-14-12/h2-5,8H,6-7H2,1H3. The van der Waals surface area contributed by atoms with Gasteiger partial charge in [-0.25, -0.2) is 13.4 Å². The molecular formula is C12H12BrNO2S2. The van der Waals surface area contributed by atoms with E-state index in [-0.39, 0.29) is 11.5 Å². The van der Waals surface area contributed by atoms with Crippen molar-refractivity contribution in [1.29, 1.82) is 0 Å². The maximum absolute atomic E-state index is 12.1. The van der Waals surface area contributed by atoms with E-state index in [1.807, 2.05) is 25.1 Å². The molecule has 0 aliphatic rings. The third-order valence-corrected chi connectivity index (χ3v) is 5.15. The fourth-order valence-corrected chi connectivity index (χ4v) is 4.29. The van der Waals surface area contributed by atoms with Gasteiger partial charge in [-0.05, 0) is 30.2 Å². The first-order valence-corrected chi connectivity index (χ1v) is 8.84. The minimum absolute atomic E-state index is 0.00596. The van der Waals surface area contributed by atoms with E-state index >= 15 is 0 Å². The molecule has 0 radical (unpaired) electrons. The fraction of sp³-hybridized carbons (Fsp3) is 0.250. The van der Waals surface area contributed by atoms with Crippen LogP contribution in [0.3, 0.4) is 0 Å². The quantitative estimate of drug-likeness (QED) is 0.853. The Morgan fingerprint density at radius 3 is 2.72 bits per heavy atom. The summed E-state index contributed by atoms with van der Waals surface area (Å²) in [6.45, 7) is 1.92. The van der Waals surface area contributed by atoms with Gasteiger partial charge in [-0.15, -0.1) is 11.3 Å². The fourth-order valence-electron chi connectivity index (χ4n) is 1.64. The van der Waals surface area contributed by atoms with Crippen LogP contribution in [0.15, 0.2) is 33.6 Å². The number of aryl methyl sites for hydroxylation is 1. The number of sulfone groups is 1. The molecule has 96 valence electrons. The maximum Gasteiger partial charge on any atom is 0.160 e. The molecule has 0 N–H and O–H groups in total. The van der Waals surface area contributed by atoms with Gasteiger partial charge < -0.3 is 0 Å². The molecule has 0 amide bonds. The van der Waals surface area contributed by atoms with E-state index in [9.17, 15) is 8.42 Å². The van der Waals surface area contributed by atoms with Gasteiger partial charge >= 0.3 is 0 Å². The zero-order valence-corrected chi connectivity index (χ0v) is 13.0. The van der Waals surface area contributed by atoms with Crippen LogP contribution in [0.1, 0.15) is 16.8 Å². The Morgan fingerprint density at radius 2 is 2.11 bits per heavy atom. The second kappa shape index (κ2) is 5.50. The number of hydrogen-bond donors (Lipinski definition) is 0. The molecule has 0 saturated carbocycles. The van der Waals surface area contributed by atoms with Gasteiger partial charge in [0.05, 0.1) is 22.7 Å². The highest BCUT2D eigenvalue weighted by Crippen LogP contribution is 2.19. The summed E-state index contributed by atoms with van der Waals surface area (Å²) in [5.74, 6) is 0.0651. The van der Waals surface area contributed by atoms with Crippen molar-refractivity contribution in [2.24, 2.45) is 0 Å². The van der Waals surface area contributed by atoms with Crippen molar-refractivity contribution in [1.82, 2.24) is 4.98 Å². The minimum atomic E-state index is -3.16. The molecule has 1 heterocycles. The van der Waals surface area contributed by atoms with Crippen molar-refractivity contribution in [3.63, 3.8) is 0 Å². The predicted molar refractivity (Wildman–Crippen MR) is 77.3 cm³/mol. The average molecular weight is 346 g/mol. The molecule has 0 bridgehead atoms. The van der Waals surface area contributed by atoms with Crippen molar-refractivity contribution in [3.05, 3.63) is 50.4 Å². The van der Waals surface area contributed by atoms with Crippen LogP contribution in [-0.2, 0) is 21.3 Å². The molecular weight excluding hydrogens is 334 g/mol. The number of aromatic nitrogens is 1. The molecule has 0 spiro atoms. The Hall–Kier alpha value is -0.720. The molecule has 0 atom stereocenters. The topological polar surface area (TPSA) is 47.0 Å². The van der Waals surface area contributed by atoms with Gasteiger partial charge in [-0.1, -0.05) is 22.0 Å². The van der Waals surface area contributed by atoms with E-state index in [1.54, 1.807) is 10.9 Å². The summed E-state index contributed by atoms with van der Waals surface area (Å²) in [6.07, 6.45) is 0. The molecule has 0 unspecified atom stereocenters. The van der Waals surface area contributed by atoms with Gasteiger partial charge in [0, 0.05) is 9.85 Å². The van der Waals surface area contributed by atoms with Crippen LogP contribution in [-0.4, -0.2) is 13.4 Å². The monoisotopic (exact) mass is 345 g/mol. The highest BCUT2D eigenvalue weighted by Gasteiger charge is 2.15. The third-order valence-electron chi connectivity index (χ3n) is 2.53. The van der Waals surface area contributed by atoms with Crippen molar-refractivity contribution in [2.75, 3.05) is 0 Å². The lowest BCUT2D eigenvalue weighted by Crippen LogP contribution is -2.08. The Balaban J connectivity index is 2.17. The van der Waals surface area contributed by atoms with Crippen molar-refractivity contribution >= 4 is 37.1 Å². The summed E-state index contributed by atoms with van der Waals surface area (Å²) in [6, 6.07) is 5.63. The first kappa shape index (κ1) is 13.7. The minimum Gasteiger partial charge on any atom is -0.249 e. The summed E-state index contributed by atoms with van der Waals surface area (Å²) < 4.78 is 25.1. The number of hydrogen-bond acceptors (Lipinski definition) is 4. The van der Waals surface area contributed by atoms with Gasteiger partial charge in [-0.3, -0.25) is 0 Å². The first-order chi connectivity index (χ1) is 8.46. The normalized spacial score (nSPS) is 11.7. The van der Waals surface area contributed by atoms with Gasteiger partial charge in [0.1, 0.15) is 0 Å². The molecule has 1 aromatic heterocycles. The molecule has 18 heavy (non-hydrogen) atoms. The van der Waals surface area contributed by atoms with E-state index in [0.29, 0.717) is 5.69 Å². The molecule has 2 rings (SSSR count). The number of rotatable bonds is 4. The Kier molecular flexibility index (Phi) is 4.19. The maximum atomic E-state index is 12.1. The zero-order valence-electron chi connectivity index (χ0n) is 9.76. The van der Waals surface area contributed by atoms with Gasteiger partial charge in [0.15, 0.2) is 9.84 Å². The second-order valence-electron chi connectivity index (χ2n) is 4.08. The summed E-state index contributed by atoms with van der Waals surface area (Å²) in [4.78, 5) is 4.01. The lowest BCUT2D eigenvalue weighted by Gasteiger charge is -2.07. The first-order valence-electron chi connectivity index (χ1n) is 5.29. The van der Waals surface area contributed by atoms with Crippen LogP contribution in [0, 0.1) is 6.92 Å². The molecule has 0 aliphatic heterocycles. The molecule has 3 nitrogen and oxygen atoms in total. The van der Waals surface area contributed by atoms with E-state index in [4.69, 9.17) is 0 Å². The number of halogens is 1. The van der Waals surface area contributed by atoms with Gasteiger partial charge in [-0.2, -0.15) is 0 Å². The van der Waals surface area contributed by atoms with Crippen LogP contribution < -0.4 is 0 Å². The Morgan fingerprint density at radius 1 is 1.33 bits per heavy atom. The predicted octanol–water partition coefficient (Wildman–Crippen LogP) is 3.33. The SMILES string of the molecule is Cc1cc(Br)ccc1CS(=O)(=O)Cc1cscn1. The number of benzene rings is 1. The van der Waals surface area contributed by atoms with Crippen LogP contribution in [0.4, 0.5) is 0 Å². The highest BCUT2D eigenvalue weighted by molar-refractivity contribution is 9.10. The van der Waals surface area contributed by atoms with Gasteiger partial charge in [0.2, 0.25) is 0 Å². The lowest BCUT2D eigenvalue weighted by molar-refractivity contribution is 0.594. The summed E-state index contributed by atoms with van der Waals surface area (Å²) in [5.41, 5.74) is 4.09. The third kappa shape index (κ3) is 3.63. The largest absolute Gasteiger partial charge is 0.249 e. The smallest absolute Gasteiger partial charge is 0.160 e. The van der Waals surface area contributed by atoms with E-state index in [1.165, 1.54) is 11.3 Å². The summed E-state index contributed by atoms with van der Waals surface area (Å²) in [5, 5.41) is 1.77. The molecule has 0 saturated heterocycles. The molecule has 6 heteroatoms. The number of nitrogens with zero attached hydrogens (tertiary/aromatic N) is 1. The molecule has 0 aliphatic carbocycles. The van der Waals surface area contributed by atoms with Crippen LogP contribution >= 0.6 is 27.3 Å². The van der Waals surface area contributed by atoms with Crippen LogP contribution in [0.25, 0.3) is 0 Å². The van der Waals surface area contributed by atoms with E-state index in [0.717, 1.165) is 15.6 Å². The van der Waals surface area contributed by atoms with Crippen LogP contribution in [0.2, 0.25) is 0 Å². The van der Waals surface area contributed by atoms with Crippen molar-refractivity contribution < 1.29 is 8.42 Å². The number of thiazole rings is 1. The van der Waals surface area contributed by atoms with Gasteiger partial charge in [0.25, 0.3) is 0 Å². The Labute approximate surface area is 119 Å². The Bertz CT molecular complexity index is 636. The average Bonchev–Trinajstić information content (AvgIpc) is 2.74. The zero-order chi connectivity index (χ0) is 13.2. The molecule has 1 aromatic carbocycles. The molecule has 2 aromatic rings. The van der Waals surface area contributed by atoms with Crippen molar-refractivity contribution in [2.45, 2.75) is 18.4 Å². The second-order valence-corrected chi connectivity index (χ2v) is 7.78. The van der Waals surface area contributed by atoms with E-state index in [2.05, 4.69) is 20.9 Å². The summed E-state index contributed by atoms with van der Waals surface area (Å²) in [7, 11) is -3.16. The van der Waals surface area contributed by atoms with Crippen LogP contribution in [0.5, 0.6) is 0 Å². The van der Waals surface area contributed by atoms with Crippen molar-refractivity contribution in [3.8, 4) is 0 Å². The molecule has 0 fully saturated rings. The highest BCUT2D eigenvalue weighted by atomic mass is 79.9.